The standard InChI is InChI=1S/C21H15Cl2N3O/c1-27-18-10-9-13(19(22)20(18)23)11-15-6-4-8-17(25-15)21-24-12-14-5-2-3-7-16(14)26-21/h2-10,12H,11H2,1H3. The molecular formula is C21H15Cl2N3O. The van der Waals surface area contributed by atoms with Crippen LogP contribution < -0.4 is 4.74 Å². The van der Waals surface area contributed by atoms with Gasteiger partial charge < -0.3 is 4.74 Å². The van der Waals surface area contributed by atoms with Gasteiger partial charge in [0.2, 0.25) is 0 Å². The molecule has 0 amide bonds. The highest BCUT2D eigenvalue weighted by molar-refractivity contribution is 6.43. The molecule has 27 heavy (non-hydrogen) atoms. The van der Waals surface area contributed by atoms with Crippen molar-refractivity contribution in [2.75, 3.05) is 7.11 Å². The second kappa shape index (κ2) is 7.51. The number of rotatable bonds is 4. The highest BCUT2D eigenvalue weighted by atomic mass is 35.5. The van der Waals surface area contributed by atoms with Crippen LogP contribution in [0.1, 0.15) is 11.3 Å². The lowest BCUT2D eigenvalue weighted by Gasteiger charge is -2.10. The minimum atomic E-state index is 0.408. The molecule has 2 aromatic carbocycles. The summed E-state index contributed by atoms with van der Waals surface area (Å²) in [6.45, 7) is 0. The molecule has 0 N–H and O–H groups in total. The van der Waals surface area contributed by atoms with Crippen molar-refractivity contribution in [2.24, 2.45) is 0 Å². The number of fused-ring (bicyclic) bond motifs is 1. The monoisotopic (exact) mass is 395 g/mol. The Kier molecular flexibility index (Phi) is 4.92. The maximum absolute atomic E-state index is 6.38. The van der Waals surface area contributed by atoms with Gasteiger partial charge in [-0.3, -0.25) is 0 Å². The molecule has 4 aromatic rings. The van der Waals surface area contributed by atoms with E-state index in [9.17, 15) is 0 Å². The normalized spacial score (nSPS) is 10.9. The SMILES string of the molecule is COc1ccc(Cc2cccc(-c3ncc4ccccc4n3)n2)c(Cl)c1Cl. The van der Waals surface area contributed by atoms with Gasteiger partial charge in [-0.15, -0.1) is 0 Å². The maximum Gasteiger partial charge on any atom is 0.178 e. The number of methoxy groups -OCH3 is 1. The molecule has 0 aliphatic heterocycles. The predicted molar refractivity (Wildman–Crippen MR) is 109 cm³/mol. The summed E-state index contributed by atoms with van der Waals surface area (Å²) in [6.07, 6.45) is 2.36. The van der Waals surface area contributed by atoms with Gasteiger partial charge in [0, 0.05) is 23.7 Å². The van der Waals surface area contributed by atoms with E-state index in [1.54, 1.807) is 13.2 Å². The summed E-state index contributed by atoms with van der Waals surface area (Å²) >= 11 is 12.6. The fourth-order valence-electron chi connectivity index (χ4n) is 2.86. The van der Waals surface area contributed by atoms with E-state index in [1.165, 1.54) is 0 Å². The zero-order chi connectivity index (χ0) is 18.8. The number of nitrogens with zero attached hydrogens (tertiary/aromatic N) is 3. The van der Waals surface area contributed by atoms with E-state index < -0.39 is 0 Å². The molecule has 0 aliphatic carbocycles. The van der Waals surface area contributed by atoms with Gasteiger partial charge >= 0.3 is 0 Å². The van der Waals surface area contributed by atoms with E-state index in [1.807, 2.05) is 54.7 Å². The van der Waals surface area contributed by atoms with Crippen molar-refractivity contribution >= 4 is 34.1 Å². The molecule has 0 bridgehead atoms. The minimum Gasteiger partial charge on any atom is -0.495 e. The van der Waals surface area contributed by atoms with Crippen LogP contribution in [0.15, 0.2) is 60.8 Å². The first-order valence-electron chi connectivity index (χ1n) is 8.34. The van der Waals surface area contributed by atoms with E-state index >= 15 is 0 Å². The summed E-state index contributed by atoms with van der Waals surface area (Å²) in [5.74, 6) is 1.14. The predicted octanol–water partition coefficient (Wildman–Crippen LogP) is 5.60. The van der Waals surface area contributed by atoms with E-state index in [0.29, 0.717) is 33.7 Å². The molecule has 4 nitrogen and oxygen atoms in total. The van der Waals surface area contributed by atoms with Gasteiger partial charge in [-0.2, -0.15) is 0 Å². The lowest BCUT2D eigenvalue weighted by molar-refractivity contribution is 0.415. The fraction of sp³-hybridized carbons (Fsp3) is 0.0952. The van der Waals surface area contributed by atoms with Crippen LogP contribution in [0.5, 0.6) is 5.75 Å². The van der Waals surface area contributed by atoms with Gasteiger partial charge in [-0.05, 0) is 29.8 Å². The summed E-state index contributed by atoms with van der Waals surface area (Å²) in [5.41, 5.74) is 3.34. The third-order valence-corrected chi connectivity index (χ3v) is 5.15. The molecule has 2 aromatic heterocycles. The molecule has 0 atom stereocenters. The van der Waals surface area contributed by atoms with Gasteiger partial charge in [0.1, 0.15) is 16.5 Å². The Morgan fingerprint density at radius 2 is 1.74 bits per heavy atom. The third kappa shape index (κ3) is 3.59. The number of aromatic nitrogens is 3. The number of benzene rings is 2. The number of halogens is 2. The highest BCUT2D eigenvalue weighted by Crippen LogP contribution is 2.35. The van der Waals surface area contributed by atoms with Gasteiger partial charge in [0.15, 0.2) is 5.82 Å². The molecule has 0 saturated carbocycles. The minimum absolute atomic E-state index is 0.408. The summed E-state index contributed by atoms with van der Waals surface area (Å²) in [4.78, 5) is 13.8. The van der Waals surface area contributed by atoms with Crippen LogP contribution >= 0.6 is 23.2 Å². The van der Waals surface area contributed by atoms with Crippen LogP contribution in [-0.4, -0.2) is 22.1 Å². The third-order valence-electron chi connectivity index (χ3n) is 4.24. The lowest BCUT2D eigenvalue weighted by Crippen LogP contribution is -1.98. The van der Waals surface area contributed by atoms with E-state index in [-0.39, 0.29) is 0 Å². The molecule has 0 fully saturated rings. The van der Waals surface area contributed by atoms with Gasteiger partial charge in [-0.1, -0.05) is 53.5 Å². The van der Waals surface area contributed by atoms with Crippen LogP contribution in [0.25, 0.3) is 22.4 Å². The molecule has 0 unspecified atom stereocenters. The zero-order valence-electron chi connectivity index (χ0n) is 14.5. The first kappa shape index (κ1) is 17.7. The Bertz CT molecular complexity index is 1130. The molecule has 134 valence electrons. The van der Waals surface area contributed by atoms with Crippen LogP contribution in [-0.2, 0) is 6.42 Å². The van der Waals surface area contributed by atoms with E-state index in [0.717, 1.165) is 22.2 Å². The van der Waals surface area contributed by atoms with Gasteiger partial charge in [-0.25, -0.2) is 15.0 Å². The quantitative estimate of drug-likeness (QED) is 0.451. The Balaban J connectivity index is 1.67. The van der Waals surface area contributed by atoms with Crippen LogP contribution in [0.4, 0.5) is 0 Å². The number of pyridine rings is 1. The van der Waals surface area contributed by atoms with Crippen molar-refractivity contribution in [1.29, 1.82) is 0 Å². The maximum atomic E-state index is 6.38. The Morgan fingerprint density at radius 1 is 0.889 bits per heavy atom. The number of para-hydroxylation sites is 1. The van der Waals surface area contributed by atoms with E-state index in [2.05, 4.69) is 9.97 Å². The smallest absolute Gasteiger partial charge is 0.178 e. The lowest BCUT2D eigenvalue weighted by atomic mass is 10.1. The molecule has 0 radical (unpaired) electrons. The average Bonchev–Trinajstić information content (AvgIpc) is 2.71. The van der Waals surface area contributed by atoms with Crippen molar-refractivity contribution in [3.8, 4) is 17.3 Å². The summed E-state index contributed by atoms with van der Waals surface area (Å²) < 4.78 is 5.19. The fourth-order valence-corrected chi connectivity index (χ4v) is 3.34. The molecule has 6 heteroatoms. The van der Waals surface area contributed by atoms with Crippen molar-refractivity contribution in [2.45, 2.75) is 6.42 Å². The molecule has 4 rings (SSSR count). The van der Waals surface area contributed by atoms with Gasteiger partial charge in [0.25, 0.3) is 0 Å². The number of ether oxygens (including phenoxy) is 1. The van der Waals surface area contributed by atoms with Crippen LogP contribution in [0.2, 0.25) is 10.0 Å². The van der Waals surface area contributed by atoms with Crippen LogP contribution in [0.3, 0.4) is 0 Å². The molecule has 0 spiro atoms. The Morgan fingerprint density at radius 3 is 2.59 bits per heavy atom. The highest BCUT2D eigenvalue weighted by Gasteiger charge is 2.12. The number of hydrogen-bond donors (Lipinski definition) is 0. The zero-order valence-corrected chi connectivity index (χ0v) is 16.0. The first-order chi connectivity index (χ1) is 13.2. The van der Waals surface area contributed by atoms with Crippen molar-refractivity contribution < 1.29 is 4.74 Å². The summed E-state index contributed by atoms with van der Waals surface area (Å²) in [6, 6.07) is 17.4. The number of hydrogen-bond acceptors (Lipinski definition) is 4. The Labute approximate surface area is 166 Å². The molecule has 0 saturated heterocycles. The van der Waals surface area contributed by atoms with Gasteiger partial charge in [0.05, 0.1) is 17.6 Å². The largest absolute Gasteiger partial charge is 0.495 e. The Hall–Kier alpha value is -2.69. The topological polar surface area (TPSA) is 47.9 Å². The molecule has 0 aliphatic rings. The van der Waals surface area contributed by atoms with E-state index in [4.69, 9.17) is 32.9 Å². The summed E-state index contributed by atoms with van der Waals surface area (Å²) in [7, 11) is 1.56. The summed E-state index contributed by atoms with van der Waals surface area (Å²) in [5, 5.41) is 1.88. The second-order valence-corrected chi connectivity index (χ2v) is 6.75. The van der Waals surface area contributed by atoms with Crippen molar-refractivity contribution in [3.05, 3.63) is 82.1 Å². The van der Waals surface area contributed by atoms with Crippen molar-refractivity contribution in [3.63, 3.8) is 0 Å². The average molecular weight is 396 g/mol. The van der Waals surface area contributed by atoms with Crippen molar-refractivity contribution in [1.82, 2.24) is 15.0 Å². The first-order valence-corrected chi connectivity index (χ1v) is 9.10. The van der Waals surface area contributed by atoms with Crippen LogP contribution in [0, 0.1) is 0 Å². The second-order valence-electron chi connectivity index (χ2n) is 6.00. The molecule has 2 heterocycles. The molecular weight excluding hydrogens is 381 g/mol.